The number of unbranched alkanes of at least 4 members (excludes halogenated alkanes) is 17. The van der Waals surface area contributed by atoms with E-state index in [1.165, 1.54) is 135 Å². The van der Waals surface area contributed by atoms with Gasteiger partial charge in [0.05, 0.1) is 0 Å². The first-order chi connectivity index (χ1) is 14.6. The Kier molecular flexibility index (Phi) is 23.1. The molecule has 0 aliphatic carbocycles. The van der Waals surface area contributed by atoms with Gasteiger partial charge in [0.2, 0.25) is 0 Å². The average Bonchev–Trinajstić information content (AvgIpc) is 2.72. The molecule has 0 amide bonds. The predicted molar refractivity (Wildman–Crippen MR) is 136 cm³/mol. The Morgan fingerprint density at radius 1 is 0.500 bits per heavy atom. The van der Waals surface area contributed by atoms with E-state index in [2.05, 4.69) is 20.8 Å². The number of carbonyl (C=O) groups excluding carboxylic acids is 1. The molecule has 0 aliphatic rings. The summed E-state index contributed by atoms with van der Waals surface area (Å²) in [5.41, 5.74) is 0. The summed E-state index contributed by atoms with van der Waals surface area (Å²) in [6, 6.07) is 0. The summed E-state index contributed by atoms with van der Waals surface area (Å²) in [4.78, 5) is 11.3. The number of Topliss-reactive ketones (excluding diaryl/α,β-unsaturated/α-hetero) is 1. The van der Waals surface area contributed by atoms with Gasteiger partial charge >= 0.3 is 0 Å². The van der Waals surface area contributed by atoms with Gasteiger partial charge < -0.3 is 0 Å². The van der Waals surface area contributed by atoms with Gasteiger partial charge in [-0.1, -0.05) is 156 Å². The third kappa shape index (κ3) is 22.4. The standard InChI is InChI=1S/C29H58O/c1-5-6-7-8-9-10-11-12-13-14-15-16-17-18-19-20-21-22-24-27(2)25-23-26-28(3)29(4)30/h27-28H,5-26H2,1-4H3/t27-,28-/m0/s1. The lowest BCUT2D eigenvalue weighted by Gasteiger charge is -2.12. The van der Waals surface area contributed by atoms with E-state index in [9.17, 15) is 4.79 Å². The van der Waals surface area contributed by atoms with Crippen molar-refractivity contribution in [2.45, 2.75) is 169 Å². The molecule has 0 heterocycles. The van der Waals surface area contributed by atoms with E-state index in [1.54, 1.807) is 6.92 Å². The summed E-state index contributed by atoms with van der Waals surface area (Å²) in [6.45, 7) is 8.49. The SMILES string of the molecule is CCCCCCCCCCCCCCCCCCCC[C@H](C)CCC[C@H](C)C(C)=O. The number of rotatable bonds is 24. The first-order valence-electron chi connectivity index (χ1n) is 14.1. The molecule has 30 heavy (non-hydrogen) atoms. The monoisotopic (exact) mass is 422 g/mol. The number of hydrogen-bond donors (Lipinski definition) is 0. The van der Waals surface area contributed by atoms with Gasteiger partial charge in [0.1, 0.15) is 5.78 Å². The van der Waals surface area contributed by atoms with Crippen LogP contribution in [0, 0.1) is 11.8 Å². The van der Waals surface area contributed by atoms with Crippen LogP contribution in [0.25, 0.3) is 0 Å². The lowest BCUT2D eigenvalue weighted by molar-refractivity contribution is -0.120. The molecule has 0 aromatic carbocycles. The van der Waals surface area contributed by atoms with Crippen LogP contribution < -0.4 is 0 Å². The molecule has 0 aromatic rings. The first kappa shape index (κ1) is 29.7. The fourth-order valence-corrected chi connectivity index (χ4v) is 4.51. The maximum Gasteiger partial charge on any atom is 0.132 e. The molecule has 0 N–H and O–H groups in total. The Balaban J connectivity index is 3.16. The molecule has 180 valence electrons. The largest absolute Gasteiger partial charge is 0.300 e. The fraction of sp³-hybridized carbons (Fsp3) is 0.966. The lowest BCUT2D eigenvalue weighted by atomic mass is 9.93. The highest BCUT2D eigenvalue weighted by Crippen LogP contribution is 2.19. The van der Waals surface area contributed by atoms with Crippen molar-refractivity contribution < 1.29 is 4.79 Å². The molecule has 0 aromatic heterocycles. The maximum absolute atomic E-state index is 11.3. The van der Waals surface area contributed by atoms with Crippen molar-refractivity contribution in [3.63, 3.8) is 0 Å². The minimum Gasteiger partial charge on any atom is -0.300 e. The molecule has 0 aliphatic heterocycles. The summed E-state index contributed by atoms with van der Waals surface area (Å²) < 4.78 is 0. The third-order valence-electron chi connectivity index (χ3n) is 7.08. The van der Waals surface area contributed by atoms with Crippen molar-refractivity contribution in [2.75, 3.05) is 0 Å². The summed E-state index contributed by atoms with van der Waals surface area (Å²) in [5, 5.41) is 0. The van der Waals surface area contributed by atoms with E-state index in [4.69, 9.17) is 0 Å². The summed E-state index contributed by atoms with van der Waals surface area (Å²) >= 11 is 0. The van der Waals surface area contributed by atoms with Gasteiger partial charge in [0, 0.05) is 5.92 Å². The molecule has 0 radical (unpaired) electrons. The van der Waals surface area contributed by atoms with Crippen LogP contribution in [0.3, 0.4) is 0 Å². The van der Waals surface area contributed by atoms with Crippen molar-refractivity contribution in [1.29, 1.82) is 0 Å². The normalized spacial score (nSPS) is 13.5. The van der Waals surface area contributed by atoms with Crippen LogP contribution >= 0.6 is 0 Å². The van der Waals surface area contributed by atoms with E-state index in [0.29, 0.717) is 5.78 Å². The van der Waals surface area contributed by atoms with Crippen LogP contribution in [0.5, 0.6) is 0 Å². The smallest absolute Gasteiger partial charge is 0.132 e. The Morgan fingerprint density at radius 2 is 0.833 bits per heavy atom. The Hall–Kier alpha value is -0.330. The second kappa shape index (κ2) is 23.3. The zero-order valence-electron chi connectivity index (χ0n) is 21.6. The highest BCUT2D eigenvalue weighted by Gasteiger charge is 2.08. The van der Waals surface area contributed by atoms with Gasteiger partial charge in [-0.2, -0.15) is 0 Å². The van der Waals surface area contributed by atoms with Crippen LogP contribution in [0.2, 0.25) is 0 Å². The number of hydrogen-bond acceptors (Lipinski definition) is 1. The number of carbonyl (C=O) groups is 1. The van der Waals surface area contributed by atoms with Gasteiger partial charge in [-0.15, -0.1) is 0 Å². The van der Waals surface area contributed by atoms with Gasteiger partial charge in [-0.3, -0.25) is 4.79 Å². The van der Waals surface area contributed by atoms with Crippen LogP contribution in [0.4, 0.5) is 0 Å². The Bertz CT molecular complexity index is 348. The zero-order valence-corrected chi connectivity index (χ0v) is 21.6. The second-order valence-corrected chi connectivity index (χ2v) is 10.3. The average molecular weight is 423 g/mol. The van der Waals surface area contributed by atoms with Gasteiger partial charge in [-0.05, 0) is 19.3 Å². The molecule has 1 heteroatoms. The summed E-state index contributed by atoms with van der Waals surface area (Å²) in [5.74, 6) is 1.46. The third-order valence-corrected chi connectivity index (χ3v) is 7.08. The Morgan fingerprint density at radius 3 is 1.20 bits per heavy atom. The van der Waals surface area contributed by atoms with E-state index in [1.807, 2.05) is 0 Å². The Labute approximate surface area is 191 Å². The zero-order chi connectivity index (χ0) is 22.3. The van der Waals surface area contributed by atoms with Gasteiger partial charge in [-0.25, -0.2) is 0 Å². The lowest BCUT2D eigenvalue weighted by Crippen LogP contribution is -2.06. The molecule has 0 bridgehead atoms. The fourth-order valence-electron chi connectivity index (χ4n) is 4.51. The molecule has 0 saturated carbocycles. The van der Waals surface area contributed by atoms with Crippen molar-refractivity contribution in [3.05, 3.63) is 0 Å². The van der Waals surface area contributed by atoms with E-state index in [0.717, 1.165) is 12.3 Å². The first-order valence-corrected chi connectivity index (χ1v) is 14.1. The van der Waals surface area contributed by atoms with E-state index >= 15 is 0 Å². The van der Waals surface area contributed by atoms with Crippen molar-refractivity contribution in [2.24, 2.45) is 11.8 Å². The molecular weight excluding hydrogens is 364 g/mol. The van der Waals surface area contributed by atoms with Crippen LogP contribution in [0.15, 0.2) is 0 Å². The molecule has 0 unspecified atom stereocenters. The van der Waals surface area contributed by atoms with Gasteiger partial charge in [0.15, 0.2) is 0 Å². The molecular formula is C29H58O. The highest BCUT2D eigenvalue weighted by molar-refractivity contribution is 5.77. The van der Waals surface area contributed by atoms with Crippen molar-refractivity contribution >= 4 is 5.78 Å². The van der Waals surface area contributed by atoms with E-state index in [-0.39, 0.29) is 5.92 Å². The van der Waals surface area contributed by atoms with Crippen molar-refractivity contribution in [1.82, 2.24) is 0 Å². The van der Waals surface area contributed by atoms with Crippen molar-refractivity contribution in [3.8, 4) is 0 Å². The second-order valence-electron chi connectivity index (χ2n) is 10.3. The van der Waals surface area contributed by atoms with Crippen LogP contribution in [0.1, 0.15) is 169 Å². The minimum absolute atomic E-state index is 0.266. The molecule has 0 spiro atoms. The van der Waals surface area contributed by atoms with Gasteiger partial charge in [0.25, 0.3) is 0 Å². The molecule has 0 rings (SSSR count). The quantitative estimate of drug-likeness (QED) is 0.141. The highest BCUT2D eigenvalue weighted by atomic mass is 16.1. The van der Waals surface area contributed by atoms with E-state index < -0.39 is 0 Å². The topological polar surface area (TPSA) is 17.1 Å². The summed E-state index contributed by atoms with van der Waals surface area (Å²) in [7, 11) is 0. The molecule has 1 nitrogen and oxygen atoms in total. The van der Waals surface area contributed by atoms with Crippen LogP contribution in [-0.2, 0) is 4.79 Å². The predicted octanol–water partition coefficient (Wildman–Crippen LogP) is 10.4. The molecule has 0 saturated heterocycles. The maximum atomic E-state index is 11.3. The van der Waals surface area contributed by atoms with Crippen LogP contribution in [-0.4, -0.2) is 5.78 Å². The summed E-state index contributed by atoms with van der Waals surface area (Å²) in [6.07, 6.45) is 31.1. The molecule has 2 atom stereocenters. The minimum atomic E-state index is 0.266. The molecule has 0 fully saturated rings. The number of ketones is 1.